The van der Waals surface area contributed by atoms with E-state index in [4.69, 9.17) is 14.5 Å². The summed E-state index contributed by atoms with van der Waals surface area (Å²) in [5.74, 6) is 1.70. The van der Waals surface area contributed by atoms with E-state index in [1.807, 2.05) is 47.0 Å². The molecule has 1 amide bonds. The lowest BCUT2D eigenvalue weighted by Crippen LogP contribution is -2.29. The Kier molecular flexibility index (Phi) is 7.30. The summed E-state index contributed by atoms with van der Waals surface area (Å²) in [6.07, 6.45) is 2.69. The van der Waals surface area contributed by atoms with Crippen LogP contribution in [0.5, 0.6) is 5.75 Å². The van der Waals surface area contributed by atoms with Gasteiger partial charge in [-0.05, 0) is 43.2 Å². The molecule has 1 aromatic carbocycles. The van der Waals surface area contributed by atoms with Crippen molar-refractivity contribution in [1.29, 1.82) is 0 Å². The predicted molar refractivity (Wildman–Crippen MR) is 118 cm³/mol. The molecule has 160 valence electrons. The van der Waals surface area contributed by atoms with E-state index in [2.05, 4.69) is 24.1 Å². The maximum Gasteiger partial charge on any atom is 0.253 e. The number of hydrogen-bond donors (Lipinski definition) is 1. The fourth-order valence-electron chi connectivity index (χ4n) is 3.43. The Labute approximate surface area is 177 Å². The first-order valence-electron chi connectivity index (χ1n) is 10.3. The van der Waals surface area contributed by atoms with Gasteiger partial charge in [-0.25, -0.2) is 4.98 Å². The summed E-state index contributed by atoms with van der Waals surface area (Å²) in [6.45, 7) is 6.89. The van der Waals surface area contributed by atoms with E-state index in [1.165, 1.54) is 0 Å². The van der Waals surface area contributed by atoms with Crippen LogP contribution in [0.3, 0.4) is 0 Å². The fourth-order valence-corrected chi connectivity index (χ4v) is 3.43. The van der Waals surface area contributed by atoms with E-state index < -0.39 is 0 Å². The summed E-state index contributed by atoms with van der Waals surface area (Å²) in [7, 11) is 3.34. The van der Waals surface area contributed by atoms with Gasteiger partial charge in [0, 0.05) is 32.9 Å². The minimum atomic E-state index is -0.120. The molecule has 30 heavy (non-hydrogen) atoms. The topological polar surface area (TPSA) is 68.1 Å². The van der Waals surface area contributed by atoms with Gasteiger partial charge in [0.1, 0.15) is 17.2 Å². The Hall–Kier alpha value is -3.06. The van der Waals surface area contributed by atoms with Crippen LogP contribution in [-0.4, -0.2) is 49.2 Å². The molecule has 0 unspecified atom stereocenters. The number of pyridine rings is 1. The number of likely N-dealkylation sites (N-methyl/N-ethyl adjacent to an activating group) is 1. The lowest BCUT2D eigenvalue weighted by atomic mass is 10.2. The number of carbonyl (C=O) groups is 1. The first-order chi connectivity index (χ1) is 14.6. The fraction of sp³-hybridized carbons (Fsp3) is 0.391. The van der Waals surface area contributed by atoms with Gasteiger partial charge < -0.3 is 19.7 Å². The third-order valence-electron chi connectivity index (χ3n) is 5.12. The zero-order valence-electron chi connectivity index (χ0n) is 18.1. The largest absolute Gasteiger partial charge is 0.497 e. The Morgan fingerprint density at radius 2 is 1.90 bits per heavy atom. The molecule has 1 N–H and O–H groups in total. The molecule has 3 rings (SSSR count). The van der Waals surface area contributed by atoms with Crippen LogP contribution >= 0.6 is 0 Å². The SMILES string of the molecule is CCc1nc2ccc(C(=O)NCc3ccc(OC)cc3)cn2c1N(CC)CCOC. The first-order valence-corrected chi connectivity index (χ1v) is 10.3. The Morgan fingerprint density at radius 1 is 1.13 bits per heavy atom. The average molecular weight is 411 g/mol. The summed E-state index contributed by atoms with van der Waals surface area (Å²) >= 11 is 0. The van der Waals surface area contributed by atoms with E-state index in [0.29, 0.717) is 18.7 Å². The highest BCUT2D eigenvalue weighted by Crippen LogP contribution is 2.24. The molecular weight excluding hydrogens is 380 g/mol. The number of methoxy groups -OCH3 is 2. The minimum Gasteiger partial charge on any atom is -0.497 e. The van der Waals surface area contributed by atoms with E-state index >= 15 is 0 Å². The molecule has 0 atom stereocenters. The number of aromatic nitrogens is 2. The summed E-state index contributed by atoms with van der Waals surface area (Å²) in [6, 6.07) is 11.4. The molecule has 0 radical (unpaired) electrons. The van der Waals surface area contributed by atoms with Gasteiger partial charge in [-0.2, -0.15) is 0 Å². The third-order valence-corrected chi connectivity index (χ3v) is 5.12. The molecule has 7 nitrogen and oxygen atoms in total. The van der Waals surface area contributed by atoms with Crippen LogP contribution in [0.15, 0.2) is 42.6 Å². The van der Waals surface area contributed by atoms with Gasteiger partial charge in [-0.1, -0.05) is 19.1 Å². The predicted octanol–water partition coefficient (Wildman–Crippen LogP) is 3.31. The number of amides is 1. The number of imidazole rings is 1. The maximum atomic E-state index is 12.8. The van der Waals surface area contributed by atoms with Gasteiger partial charge in [-0.15, -0.1) is 0 Å². The smallest absolute Gasteiger partial charge is 0.253 e. The number of nitrogens with zero attached hydrogens (tertiary/aromatic N) is 3. The highest BCUT2D eigenvalue weighted by molar-refractivity contribution is 5.94. The number of benzene rings is 1. The molecule has 0 saturated heterocycles. The van der Waals surface area contributed by atoms with Gasteiger partial charge >= 0.3 is 0 Å². The average Bonchev–Trinajstić information content (AvgIpc) is 3.16. The molecule has 2 heterocycles. The minimum absolute atomic E-state index is 0.120. The van der Waals surface area contributed by atoms with Gasteiger partial charge in [0.15, 0.2) is 0 Å². The summed E-state index contributed by atoms with van der Waals surface area (Å²) in [5.41, 5.74) is 3.46. The Bertz CT molecular complexity index is 982. The maximum absolute atomic E-state index is 12.8. The summed E-state index contributed by atoms with van der Waals surface area (Å²) in [4.78, 5) is 19.8. The van der Waals surface area contributed by atoms with Crippen molar-refractivity contribution < 1.29 is 14.3 Å². The van der Waals surface area contributed by atoms with Crippen molar-refractivity contribution in [2.75, 3.05) is 38.8 Å². The number of anilines is 1. The number of fused-ring (bicyclic) bond motifs is 1. The van der Waals surface area contributed by atoms with Gasteiger partial charge in [-0.3, -0.25) is 9.20 Å². The quantitative estimate of drug-likeness (QED) is 0.555. The van der Waals surface area contributed by atoms with Gasteiger partial charge in [0.25, 0.3) is 5.91 Å². The molecule has 0 fully saturated rings. The summed E-state index contributed by atoms with van der Waals surface area (Å²) < 4.78 is 12.5. The molecule has 0 aliphatic rings. The van der Waals surface area contributed by atoms with Crippen LogP contribution in [0, 0.1) is 0 Å². The number of ether oxygens (including phenoxy) is 2. The standard InChI is InChI=1S/C23H30N4O3/c1-5-20-23(26(6-2)13-14-29-3)27-16-18(9-12-21(27)25-20)22(28)24-15-17-7-10-19(30-4)11-8-17/h7-12,16H,5-6,13-15H2,1-4H3,(H,24,28). The highest BCUT2D eigenvalue weighted by Gasteiger charge is 2.18. The monoisotopic (exact) mass is 410 g/mol. The van der Waals surface area contributed by atoms with E-state index in [0.717, 1.165) is 48.0 Å². The second-order valence-electron chi connectivity index (χ2n) is 6.98. The number of carbonyl (C=O) groups excluding carboxylic acids is 1. The molecule has 0 spiro atoms. The molecule has 0 bridgehead atoms. The van der Waals surface area contributed by atoms with Crippen LogP contribution in [-0.2, 0) is 17.7 Å². The van der Waals surface area contributed by atoms with Gasteiger partial charge in [0.2, 0.25) is 0 Å². The van der Waals surface area contributed by atoms with Crippen LogP contribution < -0.4 is 15.0 Å². The second-order valence-corrected chi connectivity index (χ2v) is 6.98. The lowest BCUT2D eigenvalue weighted by molar-refractivity contribution is 0.0950. The summed E-state index contributed by atoms with van der Waals surface area (Å²) in [5, 5.41) is 2.99. The molecular formula is C23H30N4O3. The number of nitrogens with one attached hydrogen (secondary N) is 1. The van der Waals surface area contributed by atoms with Crippen LogP contribution in [0.1, 0.15) is 35.5 Å². The van der Waals surface area contributed by atoms with Crippen molar-refractivity contribution in [3.63, 3.8) is 0 Å². The lowest BCUT2D eigenvalue weighted by Gasteiger charge is -2.23. The van der Waals surface area contributed by atoms with E-state index in [9.17, 15) is 4.79 Å². The van der Waals surface area contributed by atoms with E-state index in [1.54, 1.807) is 14.2 Å². The number of aryl methyl sites for hydroxylation is 1. The molecule has 3 aromatic rings. The highest BCUT2D eigenvalue weighted by atomic mass is 16.5. The van der Waals surface area contributed by atoms with Crippen molar-refractivity contribution in [3.8, 4) is 5.75 Å². The first kappa shape index (κ1) is 21.6. The van der Waals surface area contributed by atoms with Crippen LogP contribution in [0.2, 0.25) is 0 Å². The van der Waals surface area contributed by atoms with Crippen molar-refractivity contribution in [3.05, 3.63) is 59.4 Å². The Morgan fingerprint density at radius 3 is 2.53 bits per heavy atom. The van der Waals surface area contributed by atoms with Crippen LogP contribution in [0.25, 0.3) is 5.65 Å². The molecule has 0 aliphatic heterocycles. The third kappa shape index (κ3) is 4.74. The Balaban J connectivity index is 1.83. The van der Waals surface area contributed by atoms with Crippen molar-refractivity contribution >= 4 is 17.4 Å². The van der Waals surface area contributed by atoms with Crippen molar-refractivity contribution in [2.45, 2.75) is 26.8 Å². The molecule has 7 heteroatoms. The van der Waals surface area contributed by atoms with Crippen molar-refractivity contribution in [1.82, 2.24) is 14.7 Å². The van der Waals surface area contributed by atoms with E-state index in [-0.39, 0.29) is 5.91 Å². The number of hydrogen-bond acceptors (Lipinski definition) is 5. The zero-order chi connectivity index (χ0) is 21.5. The molecule has 0 saturated carbocycles. The zero-order valence-corrected chi connectivity index (χ0v) is 18.1. The van der Waals surface area contributed by atoms with Crippen molar-refractivity contribution in [2.24, 2.45) is 0 Å². The molecule has 2 aromatic heterocycles. The molecule has 0 aliphatic carbocycles. The number of rotatable bonds is 10. The van der Waals surface area contributed by atoms with Crippen LogP contribution in [0.4, 0.5) is 5.82 Å². The van der Waals surface area contributed by atoms with Gasteiger partial charge in [0.05, 0.1) is 25.0 Å². The second kappa shape index (κ2) is 10.1. The normalized spacial score (nSPS) is 10.9.